The molecule has 1 N–H and O–H groups in total. The molecule has 1 aromatic carbocycles. The van der Waals surface area contributed by atoms with Crippen LogP contribution in [0.25, 0.3) is 5.57 Å². The molecule has 0 heterocycles. The minimum atomic E-state index is 0.360. The smallest absolute Gasteiger partial charge is 0.123 e. The first kappa shape index (κ1) is 11.1. The molecular formula is C17H16O. The van der Waals surface area contributed by atoms with Crippen molar-refractivity contribution in [2.45, 2.75) is 6.42 Å². The molecule has 1 heteroatoms. The van der Waals surface area contributed by atoms with Crippen molar-refractivity contribution < 1.29 is 5.11 Å². The van der Waals surface area contributed by atoms with Crippen LogP contribution >= 0.6 is 0 Å². The summed E-state index contributed by atoms with van der Waals surface area (Å²) in [6.07, 6.45) is 16.2. The summed E-state index contributed by atoms with van der Waals surface area (Å²) in [6, 6.07) is 7.58. The normalized spacial score (nSPS) is 25.4. The second-order valence-corrected chi connectivity index (χ2v) is 4.76. The van der Waals surface area contributed by atoms with E-state index in [4.69, 9.17) is 0 Å². The number of phenols is 1. The fraction of sp³-hybridized carbons (Fsp3) is 0.176. The van der Waals surface area contributed by atoms with Crippen molar-refractivity contribution in [3.63, 3.8) is 0 Å². The maximum atomic E-state index is 10.0. The Kier molecular flexibility index (Phi) is 2.89. The van der Waals surface area contributed by atoms with Crippen LogP contribution in [0, 0.1) is 11.8 Å². The second-order valence-electron chi connectivity index (χ2n) is 4.76. The van der Waals surface area contributed by atoms with Crippen molar-refractivity contribution >= 4 is 5.57 Å². The van der Waals surface area contributed by atoms with Gasteiger partial charge in [0.05, 0.1) is 0 Å². The third kappa shape index (κ3) is 1.92. The zero-order valence-electron chi connectivity index (χ0n) is 10.2. The van der Waals surface area contributed by atoms with Gasteiger partial charge >= 0.3 is 0 Å². The first-order valence-corrected chi connectivity index (χ1v) is 6.36. The fourth-order valence-electron chi connectivity index (χ4n) is 2.72. The van der Waals surface area contributed by atoms with Gasteiger partial charge in [0.25, 0.3) is 0 Å². The van der Waals surface area contributed by atoms with Crippen LogP contribution in [0.3, 0.4) is 0 Å². The van der Waals surface area contributed by atoms with Crippen LogP contribution in [0.1, 0.15) is 12.0 Å². The van der Waals surface area contributed by atoms with Crippen LogP contribution < -0.4 is 0 Å². The number of allylic oxidation sites excluding steroid dienone is 8. The Bertz CT molecular complexity index is 561. The molecule has 0 amide bonds. The molecule has 0 bridgehead atoms. The van der Waals surface area contributed by atoms with Gasteiger partial charge in [-0.15, -0.1) is 0 Å². The summed E-state index contributed by atoms with van der Waals surface area (Å²) >= 11 is 0. The molecule has 0 radical (unpaired) electrons. The van der Waals surface area contributed by atoms with Crippen molar-refractivity contribution in [3.8, 4) is 5.75 Å². The van der Waals surface area contributed by atoms with Gasteiger partial charge in [-0.05, 0) is 24.0 Å². The molecule has 0 spiro atoms. The van der Waals surface area contributed by atoms with Crippen LogP contribution in [0.4, 0.5) is 0 Å². The summed E-state index contributed by atoms with van der Waals surface area (Å²) < 4.78 is 0. The summed E-state index contributed by atoms with van der Waals surface area (Å²) in [7, 11) is 0. The lowest BCUT2D eigenvalue weighted by atomic mass is 9.79. The molecule has 0 fully saturated rings. The minimum Gasteiger partial charge on any atom is -0.507 e. The van der Waals surface area contributed by atoms with Crippen LogP contribution in [-0.4, -0.2) is 5.11 Å². The Morgan fingerprint density at radius 3 is 2.72 bits per heavy atom. The summed E-state index contributed by atoms with van der Waals surface area (Å²) in [5, 5.41) is 10.0. The molecule has 1 nitrogen and oxygen atoms in total. The third-order valence-electron chi connectivity index (χ3n) is 3.64. The van der Waals surface area contributed by atoms with Crippen molar-refractivity contribution in [3.05, 3.63) is 72.4 Å². The number of fused-ring (bicyclic) bond motifs is 1. The highest BCUT2D eigenvalue weighted by molar-refractivity contribution is 5.75. The number of hydrogen-bond acceptors (Lipinski definition) is 1. The molecule has 18 heavy (non-hydrogen) atoms. The van der Waals surface area contributed by atoms with Gasteiger partial charge in [-0.1, -0.05) is 60.7 Å². The highest BCUT2D eigenvalue weighted by Gasteiger charge is 2.24. The third-order valence-corrected chi connectivity index (χ3v) is 3.64. The SMILES string of the molecule is Oc1ccccc1C1=CC=CCC2C=CC=CC12. The number of rotatable bonds is 1. The molecule has 3 rings (SSSR count). The molecular weight excluding hydrogens is 220 g/mol. The van der Waals surface area contributed by atoms with Gasteiger partial charge in [0.1, 0.15) is 5.75 Å². The van der Waals surface area contributed by atoms with Gasteiger partial charge in [0.15, 0.2) is 0 Å². The van der Waals surface area contributed by atoms with Crippen LogP contribution in [0.5, 0.6) is 5.75 Å². The first-order chi connectivity index (χ1) is 8.86. The predicted molar refractivity (Wildman–Crippen MR) is 75.1 cm³/mol. The highest BCUT2D eigenvalue weighted by atomic mass is 16.3. The predicted octanol–water partition coefficient (Wildman–Crippen LogP) is 4.09. The Hall–Kier alpha value is -2.02. The topological polar surface area (TPSA) is 20.2 Å². The molecule has 2 aliphatic carbocycles. The Morgan fingerprint density at radius 1 is 1.00 bits per heavy atom. The summed E-state index contributed by atoms with van der Waals surface area (Å²) in [4.78, 5) is 0. The van der Waals surface area contributed by atoms with E-state index in [0.29, 0.717) is 17.6 Å². The molecule has 1 aromatic rings. The Morgan fingerprint density at radius 2 is 1.83 bits per heavy atom. The largest absolute Gasteiger partial charge is 0.507 e. The van der Waals surface area contributed by atoms with Crippen molar-refractivity contribution in [1.29, 1.82) is 0 Å². The monoisotopic (exact) mass is 236 g/mol. The van der Waals surface area contributed by atoms with Gasteiger partial charge in [-0.2, -0.15) is 0 Å². The molecule has 90 valence electrons. The van der Waals surface area contributed by atoms with E-state index in [9.17, 15) is 5.11 Å². The lowest BCUT2D eigenvalue weighted by Gasteiger charge is -2.25. The summed E-state index contributed by atoms with van der Waals surface area (Å²) in [5.41, 5.74) is 2.14. The lowest BCUT2D eigenvalue weighted by molar-refractivity contribution is 0.471. The van der Waals surface area contributed by atoms with E-state index >= 15 is 0 Å². The summed E-state index contributed by atoms with van der Waals surface area (Å²) in [5.74, 6) is 1.22. The average molecular weight is 236 g/mol. The van der Waals surface area contributed by atoms with Gasteiger partial charge < -0.3 is 5.11 Å². The van der Waals surface area contributed by atoms with Gasteiger partial charge in [0.2, 0.25) is 0 Å². The Labute approximate surface area is 107 Å². The molecule has 0 saturated heterocycles. The number of phenolic OH excluding ortho intramolecular Hbond substituents is 1. The maximum Gasteiger partial charge on any atom is 0.123 e. The van der Waals surface area contributed by atoms with Crippen molar-refractivity contribution in [1.82, 2.24) is 0 Å². The molecule has 2 unspecified atom stereocenters. The average Bonchev–Trinajstić information content (AvgIpc) is 2.62. The van der Waals surface area contributed by atoms with E-state index in [1.54, 1.807) is 6.07 Å². The van der Waals surface area contributed by atoms with E-state index in [1.165, 1.54) is 5.57 Å². The van der Waals surface area contributed by atoms with E-state index in [0.717, 1.165) is 12.0 Å². The lowest BCUT2D eigenvalue weighted by Crippen LogP contribution is -2.13. The first-order valence-electron chi connectivity index (χ1n) is 6.36. The maximum absolute atomic E-state index is 10.0. The molecule has 2 atom stereocenters. The van der Waals surface area contributed by atoms with E-state index in [1.807, 2.05) is 18.2 Å². The van der Waals surface area contributed by atoms with Crippen molar-refractivity contribution in [2.75, 3.05) is 0 Å². The molecule has 0 saturated carbocycles. The molecule has 0 aromatic heterocycles. The highest BCUT2D eigenvalue weighted by Crippen LogP contribution is 2.39. The van der Waals surface area contributed by atoms with E-state index < -0.39 is 0 Å². The molecule has 0 aliphatic heterocycles. The standard InChI is InChI=1S/C17H16O/c18-17-12-6-5-11-16(17)15-10-4-2-8-13-7-1-3-9-14(13)15/h1-7,9-14,18H,8H2. The van der Waals surface area contributed by atoms with Crippen LogP contribution in [-0.2, 0) is 0 Å². The van der Waals surface area contributed by atoms with Crippen LogP contribution in [0.2, 0.25) is 0 Å². The van der Waals surface area contributed by atoms with E-state index in [-0.39, 0.29) is 0 Å². The van der Waals surface area contributed by atoms with E-state index in [2.05, 4.69) is 42.5 Å². The number of para-hydroxylation sites is 1. The minimum absolute atomic E-state index is 0.360. The van der Waals surface area contributed by atoms with Gasteiger partial charge in [0, 0.05) is 11.5 Å². The number of aromatic hydroxyl groups is 1. The summed E-state index contributed by atoms with van der Waals surface area (Å²) in [6.45, 7) is 0. The molecule has 2 aliphatic rings. The van der Waals surface area contributed by atoms with Gasteiger partial charge in [-0.3, -0.25) is 0 Å². The van der Waals surface area contributed by atoms with Crippen LogP contribution in [0.15, 0.2) is 66.8 Å². The quantitative estimate of drug-likeness (QED) is 0.778. The number of hydrogen-bond donors (Lipinski definition) is 1. The fourth-order valence-corrected chi connectivity index (χ4v) is 2.72. The van der Waals surface area contributed by atoms with Crippen molar-refractivity contribution in [2.24, 2.45) is 11.8 Å². The Balaban J connectivity index is 2.07. The van der Waals surface area contributed by atoms with Gasteiger partial charge in [-0.25, -0.2) is 0 Å². The zero-order valence-corrected chi connectivity index (χ0v) is 10.2. The second kappa shape index (κ2) is 4.69. The zero-order chi connectivity index (χ0) is 12.4. The number of benzene rings is 1.